The van der Waals surface area contributed by atoms with Crippen molar-refractivity contribution in [1.82, 2.24) is 4.72 Å². The van der Waals surface area contributed by atoms with E-state index < -0.39 is 49.9 Å². The number of rotatable bonds is 7. The molecule has 10 nitrogen and oxygen atoms in total. The van der Waals surface area contributed by atoms with E-state index in [1.807, 2.05) is 0 Å². The fraction of sp³-hybridized carbons (Fsp3) is 0.235. The van der Waals surface area contributed by atoms with Gasteiger partial charge >= 0.3 is 10.2 Å². The van der Waals surface area contributed by atoms with E-state index in [0.717, 1.165) is 6.07 Å². The van der Waals surface area contributed by atoms with E-state index >= 15 is 4.39 Å². The Labute approximate surface area is 172 Å². The summed E-state index contributed by atoms with van der Waals surface area (Å²) in [6.45, 7) is -0.649. The van der Waals surface area contributed by atoms with E-state index in [1.54, 1.807) is 4.72 Å². The first-order chi connectivity index (χ1) is 14.0. The highest BCUT2D eigenvalue weighted by Crippen LogP contribution is 2.38. The number of methoxy groups -OCH3 is 1. The van der Waals surface area contributed by atoms with E-state index in [4.69, 9.17) is 4.74 Å². The second-order valence-electron chi connectivity index (χ2n) is 6.32. The molecule has 0 atom stereocenters. The van der Waals surface area contributed by atoms with Crippen LogP contribution in [0.1, 0.15) is 0 Å². The predicted molar refractivity (Wildman–Crippen MR) is 107 cm³/mol. The van der Waals surface area contributed by atoms with Crippen molar-refractivity contribution in [2.45, 2.75) is 0 Å². The third kappa shape index (κ3) is 4.47. The third-order valence-electron chi connectivity index (χ3n) is 4.19. The molecule has 2 aromatic rings. The highest BCUT2D eigenvalue weighted by molar-refractivity contribution is 7.92. The number of amides is 1. The SMILES string of the molecule is COCCS(=O)(=O)Nc1ccc(-c2ccc(O)c(N3CC(=O)NS3(=O)=O)c2F)cc1. The van der Waals surface area contributed by atoms with Crippen LogP contribution in [-0.4, -0.2) is 53.9 Å². The van der Waals surface area contributed by atoms with Gasteiger partial charge in [-0.05, 0) is 29.8 Å². The third-order valence-corrected chi connectivity index (χ3v) is 6.82. The Hall–Kier alpha value is -2.90. The lowest BCUT2D eigenvalue weighted by molar-refractivity contribution is -0.117. The van der Waals surface area contributed by atoms with Crippen molar-refractivity contribution in [2.24, 2.45) is 0 Å². The summed E-state index contributed by atoms with van der Waals surface area (Å²) in [4.78, 5) is 11.4. The highest BCUT2D eigenvalue weighted by Gasteiger charge is 2.37. The van der Waals surface area contributed by atoms with Crippen molar-refractivity contribution in [1.29, 1.82) is 0 Å². The zero-order valence-corrected chi connectivity index (χ0v) is 17.3. The maximum atomic E-state index is 15.1. The normalized spacial score (nSPS) is 15.8. The Bertz CT molecular complexity index is 1180. The molecule has 3 N–H and O–H groups in total. The van der Waals surface area contributed by atoms with Gasteiger partial charge in [-0.25, -0.2) is 21.8 Å². The van der Waals surface area contributed by atoms with E-state index in [-0.39, 0.29) is 23.6 Å². The fourth-order valence-corrected chi connectivity index (χ4v) is 4.95. The van der Waals surface area contributed by atoms with Crippen molar-refractivity contribution in [3.05, 3.63) is 42.2 Å². The number of aromatic hydroxyl groups is 1. The summed E-state index contributed by atoms with van der Waals surface area (Å²) in [5, 5.41) is 10.0. The lowest BCUT2D eigenvalue weighted by atomic mass is 10.0. The molecular formula is C17H18FN3O7S2. The summed E-state index contributed by atoms with van der Waals surface area (Å²) >= 11 is 0. The zero-order valence-electron chi connectivity index (χ0n) is 15.6. The minimum absolute atomic E-state index is 0.0195. The summed E-state index contributed by atoms with van der Waals surface area (Å²) in [5.74, 6) is -2.80. The molecule has 0 spiro atoms. The number of carbonyl (C=O) groups is 1. The van der Waals surface area contributed by atoms with Crippen LogP contribution in [0, 0.1) is 5.82 Å². The van der Waals surface area contributed by atoms with Crippen molar-refractivity contribution in [2.75, 3.05) is 35.0 Å². The minimum Gasteiger partial charge on any atom is -0.506 e. The number of nitrogens with zero attached hydrogens (tertiary/aromatic N) is 1. The average molecular weight is 459 g/mol. The van der Waals surface area contributed by atoms with Crippen molar-refractivity contribution < 1.29 is 35.9 Å². The van der Waals surface area contributed by atoms with Gasteiger partial charge in [0.15, 0.2) is 5.82 Å². The fourth-order valence-electron chi connectivity index (χ4n) is 2.80. The largest absolute Gasteiger partial charge is 0.506 e. The van der Waals surface area contributed by atoms with Gasteiger partial charge in [0.2, 0.25) is 10.0 Å². The smallest absolute Gasteiger partial charge is 0.326 e. The molecule has 162 valence electrons. The van der Waals surface area contributed by atoms with E-state index in [9.17, 15) is 26.7 Å². The number of carbonyl (C=O) groups excluding carboxylic acids is 1. The molecule has 1 heterocycles. The van der Waals surface area contributed by atoms with Gasteiger partial charge in [0.1, 0.15) is 18.0 Å². The lowest BCUT2D eigenvalue weighted by Crippen LogP contribution is -2.30. The van der Waals surface area contributed by atoms with Crippen LogP contribution in [0.3, 0.4) is 0 Å². The number of phenolic OH excluding ortho intramolecular Hbond substituents is 1. The topological polar surface area (TPSA) is 142 Å². The summed E-state index contributed by atoms with van der Waals surface area (Å²) in [6, 6.07) is 8.01. The van der Waals surface area contributed by atoms with Gasteiger partial charge in [-0.1, -0.05) is 12.1 Å². The summed E-state index contributed by atoms with van der Waals surface area (Å²) in [7, 11) is -6.56. The predicted octanol–water partition coefficient (Wildman–Crippen LogP) is 0.767. The molecule has 0 bridgehead atoms. The lowest BCUT2D eigenvalue weighted by Gasteiger charge is -2.18. The molecule has 1 saturated heterocycles. The van der Waals surface area contributed by atoms with E-state index in [1.165, 1.54) is 37.4 Å². The molecule has 0 unspecified atom stereocenters. The molecule has 0 radical (unpaired) electrons. The second kappa shape index (κ2) is 8.08. The van der Waals surface area contributed by atoms with Gasteiger partial charge in [0.25, 0.3) is 5.91 Å². The number of hydrogen-bond acceptors (Lipinski definition) is 7. The quantitative estimate of drug-likeness (QED) is 0.555. The Morgan fingerprint density at radius 2 is 1.90 bits per heavy atom. The standard InChI is InChI=1S/C17H18FN3O7S2/c1-28-8-9-29(24,25)19-12-4-2-11(3-5-12)13-6-7-14(22)17(16(13)18)21-10-15(23)20-30(21,26)27/h2-7,19,22H,8-10H2,1H3,(H,20,23). The van der Waals surface area contributed by atoms with E-state index in [0.29, 0.717) is 9.87 Å². The first-order valence-electron chi connectivity index (χ1n) is 8.49. The van der Waals surface area contributed by atoms with Crippen molar-refractivity contribution >= 4 is 37.5 Å². The molecule has 13 heteroatoms. The molecule has 2 aromatic carbocycles. The van der Waals surface area contributed by atoms with Gasteiger partial charge in [0.05, 0.1) is 12.4 Å². The first kappa shape index (κ1) is 21.8. The number of hydrogen-bond donors (Lipinski definition) is 3. The number of sulfonamides is 1. The van der Waals surface area contributed by atoms with Crippen LogP contribution in [0.4, 0.5) is 15.8 Å². The summed E-state index contributed by atoms with van der Waals surface area (Å²) in [6.07, 6.45) is 0. The molecule has 1 aliphatic rings. The first-order valence-corrected chi connectivity index (χ1v) is 11.6. The van der Waals surface area contributed by atoms with Gasteiger partial charge in [-0.3, -0.25) is 9.52 Å². The number of halogens is 1. The van der Waals surface area contributed by atoms with Crippen molar-refractivity contribution in [3.8, 4) is 16.9 Å². The van der Waals surface area contributed by atoms with Gasteiger partial charge in [0, 0.05) is 18.4 Å². The number of benzene rings is 2. The molecule has 1 amide bonds. The van der Waals surface area contributed by atoms with Crippen LogP contribution in [-0.2, 0) is 29.8 Å². The Morgan fingerprint density at radius 3 is 2.47 bits per heavy atom. The molecule has 1 fully saturated rings. The average Bonchev–Trinajstić information content (AvgIpc) is 2.93. The van der Waals surface area contributed by atoms with Crippen LogP contribution in [0.5, 0.6) is 5.75 Å². The van der Waals surface area contributed by atoms with Gasteiger partial charge < -0.3 is 9.84 Å². The molecule has 1 aliphatic heterocycles. The molecule has 0 saturated carbocycles. The number of anilines is 2. The van der Waals surface area contributed by atoms with Gasteiger partial charge in [-0.2, -0.15) is 8.42 Å². The monoisotopic (exact) mass is 459 g/mol. The summed E-state index contributed by atoms with van der Waals surface area (Å²) in [5.41, 5.74) is -0.169. The van der Waals surface area contributed by atoms with Gasteiger partial charge in [-0.15, -0.1) is 0 Å². The van der Waals surface area contributed by atoms with E-state index in [2.05, 4.69) is 4.72 Å². The molecule has 0 aliphatic carbocycles. The van der Waals surface area contributed by atoms with Crippen LogP contribution < -0.4 is 13.7 Å². The summed E-state index contributed by atoms with van der Waals surface area (Å²) < 4.78 is 72.2. The molecule has 0 aromatic heterocycles. The Morgan fingerprint density at radius 1 is 1.23 bits per heavy atom. The number of phenols is 1. The zero-order chi connectivity index (χ0) is 22.1. The van der Waals surface area contributed by atoms with Crippen LogP contribution >= 0.6 is 0 Å². The maximum Gasteiger partial charge on any atom is 0.326 e. The van der Waals surface area contributed by atoms with Crippen molar-refractivity contribution in [3.63, 3.8) is 0 Å². The molecule has 30 heavy (non-hydrogen) atoms. The van der Waals surface area contributed by atoms with Crippen LogP contribution in [0.2, 0.25) is 0 Å². The second-order valence-corrected chi connectivity index (χ2v) is 9.76. The number of ether oxygens (including phenoxy) is 1. The van der Waals surface area contributed by atoms with Crippen LogP contribution in [0.15, 0.2) is 36.4 Å². The minimum atomic E-state index is -4.32. The Balaban J connectivity index is 1.93. The number of nitrogens with one attached hydrogen (secondary N) is 2. The Kier molecular flexibility index (Phi) is 5.87. The molecule has 3 rings (SSSR count). The highest BCUT2D eigenvalue weighted by atomic mass is 32.2. The maximum absolute atomic E-state index is 15.1. The van der Waals surface area contributed by atoms with Crippen LogP contribution in [0.25, 0.3) is 11.1 Å². The molecular weight excluding hydrogens is 441 g/mol.